The second kappa shape index (κ2) is 7.27. The average molecular weight is 403 g/mol. The van der Waals surface area contributed by atoms with Crippen molar-refractivity contribution in [1.82, 2.24) is 20.5 Å². The lowest BCUT2D eigenvalue weighted by Gasteiger charge is -2.42. The maximum absolute atomic E-state index is 13.5. The molecule has 2 aliphatic heterocycles. The molecule has 1 aromatic heterocycles. The van der Waals surface area contributed by atoms with Crippen LogP contribution in [0.1, 0.15) is 33.1 Å². The molecule has 3 heterocycles. The molecule has 0 spiro atoms. The zero-order chi connectivity index (χ0) is 20.8. The van der Waals surface area contributed by atoms with E-state index in [0.717, 1.165) is 12.8 Å². The molecule has 0 radical (unpaired) electrons. The minimum Gasteiger partial charge on any atom is -0.364 e. The van der Waals surface area contributed by atoms with Crippen molar-refractivity contribution in [2.24, 2.45) is 11.8 Å². The predicted octanol–water partition coefficient (Wildman–Crippen LogP) is 1.27. The van der Waals surface area contributed by atoms with Gasteiger partial charge in [-0.2, -0.15) is 0 Å². The summed E-state index contributed by atoms with van der Waals surface area (Å²) in [5.74, 6) is -1.02. The molecule has 2 N–H and O–H groups in total. The topological polar surface area (TPSA) is 94.6 Å². The number of aromatic nitrogens is 1. The summed E-state index contributed by atoms with van der Waals surface area (Å²) in [6, 6.07) is 0.979. The number of hydrogen-bond donors (Lipinski definition) is 2. The molecule has 0 bridgehead atoms. The summed E-state index contributed by atoms with van der Waals surface area (Å²) in [6.45, 7) is 5.41. The van der Waals surface area contributed by atoms with Crippen LogP contribution in [-0.4, -0.2) is 58.9 Å². The van der Waals surface area contributed by atoms with Gasteiger partial charge in [-0.1, -0.05) is 6.92 Å². The molecule has 3 aliphatic rings. The van der Waals surface area contributed by atoms with Gasteiger partial charge in [0.15, 0.2) is 0 Å². The van der Waals surface area contributed by atoms with Crippen LogP contribution in [0.4, 0.5) is 14.9 Å². The number of imide groups is 1. The first-order valence-electron chi connectivity index (χ1n) is 10.1. The standard InChI is InChI=1S/C20H26FN5O3/c1-12(8-20(14-3-4-14)18(28)23-19(29)24-20)17(27)25-5-6-26(13(2)11-25)16-7-15(21)9-22-10-16/h7,9-10,12-14H,3-6,8,11H2,1-2H3,(H2,23,24,28,29)/t12?,13-,20?/m0/s1. The van der Waals surface area contributed by atoms with Crippen molar-refractivity contribution < 1.29 is 18.8 Å². The highest BCUT2D eigenvalue weighted by Gasteiger charge is 2.56. The Kier molecular flexibility index (Phi) is 4.92. The van der Waals surface area contributed by atoms with Crippen LogP contribution < -0.4 is 15.5 Å². The molecule has 1 saturated carbocycles. The second-order valence-corrected chi connectivity index (χ2v) is 8.45. The fraction of sp³-hybridized carbons (Fsp3) is 0.600. The molecule has 4 rings (SSSR count). The first-order valence-corrected chi connectivity index (χ1v) is 10.1. The molecule has 3 fully saturated rings. The molecular formula is C20H26FN5O3. The van der Waals surface area contributed by atoms with Crippen molar-refractivity contribution in [3.63, 3.8) is 0 Å². The van der Waals surface area contributed by atoms with Crippen LogP contribution in [0.3, 0.4) is 0 Å². The van der Waals surface area contributed by atoms with Crippen molar-refractivity contribution in [3.05, 3.63) is 24.3 Å². The fourth-order valence-corrected chi connectivity index (χ4v) is 4.66. The highest BCUT2D eigenvalue weighted by atomic mass is 19.1. The Balaban J connectivity index is 1.41. The lowest BCUT2D eigenvalue weighted by Crippen LogP contribution is -2.56. The molecule has 9 heteroatoms. The van der Waals surface area contributed by atoms with Crippen LogP contribution in [-0.2, 0) is 9.59 Å². The predicted molar refractivity (Wildman–Crippen MR) is 103 cm³/mol. The van der Waals surface area contributed by atoms with Crippen LogP contribution in [0.15, 0.2) is 18.5 Å². The van der Waals surface area contributed by atoms with E-state index in [9.17, 15) is 18.8 Å². The van der Waals surface area contributed by atoms with E-state index in [1.54, 1.807) is 11.1 Å². The number of nitrogens with one attached hydrogen (secondary N) is 2. The van der Waals surface area contributed by atoms with Crippen LogP contribution >= 0.6 is 0 Å². The van der Waals surface area contributed by atoms with Gasteiger partial charge >= 0.3 is 6.03 Å². The molecule has 29 heavy (non-hydrogen) atoms. The molecule has 2 unspecified atom stereocenters. The van der Waals surface area contributed by atoms with E-state index < -0.39 is 17.5 Å². The Morgan fingerprint density at radius 3 is 2.69 bits per heavy atom. The number of anilines is 1. The zero-order valence-electron chi connectivity index (χ0n) is 16.7. The smallest absolute Gasteiger partial charge is 0.322 e. The van der Waals surface area contributed by atoms with E-state index in [0.29, 0.717) is 31.7 Å². The summed E-state index contributed by atoms with van der Waals surface area (Å²) >= 11 is 0. The van der Waals surface area contributed by atoms with Crippen LogP contribution in [0.5, 0.6) is 0 Å². The van der Waals surface area contributed by atoms with Gasteiger partial charge < -0.3 is 15.1 Å². The van der Waals surface area contributed by atoms with Gasteiger partial charge in [-0.3, -0.25) is 19.9 Å². The summed E-state index contributed by atoms with van der Waals surface area (Å²) < 4.78 is 13.5. The fourth-order valence-electron chi connectivity index (χ4n) is 4.66. The molecule has 1 aliphatic carbocycles. The summed E-state index contributed by atoms with van der Waals surface area (Å²) in [7, 11) is 0. The molecule has 156 valence electrons. The van der Waals surface area contributed by atoms with Crippen LogP contribution in [0, 0.1) is 17.7 Å². The number of pyridine rings is 1. The maximum Gasteiger partial charge on any atom is 0.322 e. The van der Waals surface area contributed by atoms with E-state index in [-0.39, 0.29) is 29.6 Å². The number of urea groups is 1. The van der Waals surface area contributed by atoms with Gasteiger partial charge in [0.1, 0.15) is 11.4 Å². The minimum absolute atomic E-state index is 0.00961. The van der Waals surface area contributed by atoms with Gasteiger partial charge in [0.05, 0.1) is 18.1 Å². The Morgan fingerprint density at radius 1 is 1.34 bits per heavy atom. The lowest BCUT2D eigenvalue weighted by atomic mass is 9.83. The van der Waals surface area contributed by atoms with Crippen LogP contribution in [0.2, 0.25) is 0 Å². The van der Waals surface area contributed by atoms with E-state index in [4.69, 9.17) is 0 Å². The third kappa shape index (κ3) is 3.65. The normalized spacial score (nSPS) is 28.2. The number of carbonyl (C=O) groups excluding carboxylic acids is 3. The molecule has 1 aromatic rings. The van der Waals surface area contributed by atoms with Gasteiger partial charge in [-0.15, -0.1) is 0 Å². The molecule has 2 saturated heterocycles. The van der Waals surface area contributed by atoms with Crippen LogP contribution in [0.25, 0.3) is 0 Å². The SMILES string of the molecule is CC(CC1(C2CC2)NC(=O)NC1=O)C(=O)N1CCN(c2cncc(F)c2)[C@@H](C)C1. The summed E-state index contributed by atoms with van der Waals surface area (Å²) in [5, 5.41) is 5.12. The second-order valence-electron chi connectivity index (χ2n) is 8.45. The third-order valence-corrected chi connectivity index (χ3v) is 6.25. The highest BCUT2D eigenvalue weighted by molar-refractivity contribution is 6.07. The van der Waals surface area contributed by atoms with Crippen molar-refractivity contribution in [2.45, 2.75) is 44.7 Å². The van der Waals surface area contributed by atoms with E-state index in [1.165, 1.54) is 12.3 Å². The number of carbonyl (C=O) groups is 3. The third-order valence-electron chi connectivity index (χ3n) is 6.25. The van der Waals surface area contributed by atoms with Gasteiger partial charge in [-0.05, 0) is 32.1 Å². The molecule has 0 aromatic carbocycles. The zero-order valence-corrected chi connectivity index (χ0v) is 16.7. The van der Waals surface area contributed by atoms with Gasteiger partial charge in [-0.25, -0.2) is 9.18 Å². The van der Waals surface area contributed by atoms with Gasteiger partial charge in [0.2, 0.25) is 5.91 Å². The summed E-state index contributed by atoms with van der Waals surface area (Å²) in [6.07, 6.45) is 4.86. The number of hydrogen-bond acceptors (Lipinski definition) is 5. The quantitative estimate of drug-likeness (QED) is 0.722. The van der Waals surface area contributed by atoms with Crippen molar-refractivity contribution in [3.8, 4) is 0 Å². The molecule has 8 nitrogen and oxygen atoms in total. The number of halogens is 1. The highest BCUT2D eigenvalue weighted by Crippen LogP contribution is 2.44. The largest absolute Gasteiger partial charge is 0.364 e. The lowest BCUT2D eigenvalue weighted by molar-refractivity contribution is -0.137. The van der Waals surface area contributed by atoms with Gasteiger partial charge in [0, 0.05) is 37.7 Å². The first-order chi connectivity index (χ1) is 13.8. The number of rotatable bonds is 5. The summed E-state index contributed by atoms with van der Waals surface area (Å²) in [5.41, 5.74) is -0.261. The Hall–Kier alpha value is -2.71. The van der Waals surface area contributed by atoms with E-state index in [2.05, 4.69) is 15.6 Å². The Morgan fingerprint density at radius 2 is 2.10 bits per heavy atom. The van der Waals surface area contributed by atoms with Crippen molar-refractivity contribution >= 4 is 23.5 Å². The molecule has 3 atom stereocenters. The number of piperazine rings is 1. The van der Waals surface area contributed by atoms with E-state index in [1.807, 2.05) is 18.7 Å². The Bertz CT molecular complexity index is 845. The molecule has 4 amide bonds. The number of amides is 4. The van der Waals surface area contributed by atoms with Crippen molar-refractivity contribution in [2.75, 3.05) is 24.5 Å². The summed E-state index contributed by atoms with van der Waals surface area (Å²) in [4.78, 5) is 45.0. The molecular weight excluding hydrogens is 377 g/mol. The number of nitrogens with zero attached hydrogens (tertiary/aromatic N) is 3. The minimum atomic E-state index is -0.965. The van der Waals surface area contributed by atoms with Crippen molar-refractivity contribution in [1.29, 1.82) is 0 Å². The van der Waals surface area contributed by atoms with Gasteiger partial charge in [0.25, 0.3) is 5.91 Å². The first kappa shape index (κ1) is 19.6. The van der Waals surface area contributed by atoms with E-state index >= 15 is 0 Å². The average Bonchev–Trinajstić information content (AvgIpc) is 3.48. The monoisotopic (exact) mass is 403 g/mol. The Labute approximate surface area is 168 Å². The maximum atomic E-state index is 13.5.